The van der Waals surface area contributed by atoms with E-state index < -0.39 is 0 Å². The number of hydrogen-bond donors (Lipinski definition) is 3. The zero-order chi connectivity index (χ0) is 15.0. The van der Waals surface area contributed by atoms with Crippen LogP contribution >= 0.6 is 15.9 Å². The van der Waals surface area contributed by atoms with Crippen molar-refractivity contribution in [3.8, 4) is 17.2 Å². The summed E-state index contributed by atoms with van der Waals surface area (Å²) in [6.45, 7) is 1.42. The molecule has 0 bridgehead atoms. The summed E-state index contributed by atoms with van der Waals surface area (Å²) < 4.78 is 6.17. The molecule has 21 heavy (non-hydrogen) atoms. The van der Waals surface area contributed by atoms with E-state index in [9.17, 15) is 10.2 Å². The number of hydrogen-bond acceptors (Lipinski definition) is 4. The Labute approximate surface area is 131 Å². The molecule has 0 amide bonds. The standard InChI is InChI=1S/C16H16BrNO3/c1-21-14-6-13(17)12-8-18-7-11(15(12)16(14)20)9-2-4-10(19)5-3-9/h2-6,11,18-20H,7-8H2,1H3/t11-/m0/s1. The van der Waals surface area contributed by atoms with Crippen molar-refractivity contribution in [1.29, 1.82) is 0 Å². The number of phenols is 2. The first kappa shape index (κ1) is 14.2. The summed E-state index contributed by atoms with van der Waals surface area (Å²) in [6.07, 6.45) is 0. The smallest absolute Gasteiger partial charge is 0.162 e. The van der Waals surface area contributed by atoms with Crippen LogP contribution < -0.4 is 10.1 Å². The molecule has 1 heterocycles. The maximum absolute atomic E-state index is 10.5. The van der Waals surface area contributed by atoms with Crippen LogP contribution in [0.25, 0.3) is 0 Å². The zero-order valence-electron chi connectivity index (χ0n) is 11.6. The Kier molecular flexibility index (Phi) is 3.78. The molecule has 2 aromatic carbocycles. The highest BCUT2D eigenvalue weighted by Crippen LogP contribution is 2.44. The second-order valence-corrected chi connectivity index (χ2v) is 5.93. The Hall–Kier alpha value is -1.72. The molecule has 0 saturated carbocycles. The lowest BCUT2D eigenvalue weighted by Gasteiger charge is -2.29. The van der Waals surface area contributed by atoms with Crippen LogP contribution in [0.2, 0.25) is 0 Å². The minimum atomic E-state index is 0.0146. The van der Waals surface area contributed by atoms with Crippen LogP contribution in [0, 0.1) is 0 Å². The molecule has 2 aromatic rings. The molecule has 0 saturated heterocycles. The summed E-state index contributed by atoms with van der Waals surface area (Å²) in [6, 6.07) is 8.87. The van der Waals surface area contributed by atoms with Gasteiger partial charge in [-0.1, -0.05) is 28.1 Å². The minimum absolute atomic E-state index is 0.0146. The van der Waals surface area contributed by atoms with Crippen molar-refractivity contribution in [1.82, 2.24) is 5.32 Å². The molecule has 1 aliphatic rings. The molecule has 110 valence electrons. The second-order valence-electron chi connectivity index (χ2n) is 5.08. The van der Waals surface area contributed by atoms with E-state index in [-0.39, 0.29) is 17.4 Å². The van der Waals surface area contributed by atoms with E-state index >= 15 is 0 Å². The molecular formula is C16H16BrNO3. The molecule has 1 atom stereocenters. The maximum atomic E-state index is 10.5. The van der Waals surface area contributed by atoms with Crippen molar-refractivity contribution in [2.45, 2.75) is 12.5 Å². The molecule has 0 fully saturated rings. The average molecular weight is 350 g/mol. The van der Waals surface area contributed by atoms with Gasteiger partial charge in [-0.05, 0) is 29.3 Å². The van der Waals surface area contributed by atoms with Crippen LogP contribution in [0.4, 0.5) is 0 Å². The van der Waals surface area contributed by atoms with E-state index in [1.165, 1.54) is 0 Å². The molecular weight excluding hydrogens is 334 g/mol. The van der Waals surface area contributed by atoms with E-state index in [1.54, 1.807) is 25.3 Å². The van der Waals surface area contributed by atoms with Crippen molar-refractivity contribution < 1.29 is 14.9 Å². The zero-order valence-corrected chi connectivity index (χ0v) is 13.1. The molecule has 3 N–H and O–H groups in total. The van der Waals surface area contributed by atoms with E-state index in [4.69, 9.17) is 4.74 Å². The molecule has 5 heteroatoms. The predicted molar refractivity (Wildman–Crippen MR) is 84.0 cm³/mol. The maximum Gasteiger partial charge on any atom is 0.162 e. The minimum Gasteiger partial charge on any atom is -0.508 e. The van der Waals surface area contributed by atoms with Gasteiger partial charge in [-0.3, -0.25) is 0 Å². The number of phenolic OH excluding ortho intramolecular Hbond substituents is 2. The molecule has 1 aliphatic heterocycles. The molecule has 0 radical (unpaired) electrons. The van der Waals surface area contributed by atoms with E-state index in [0.29, 0.717) is 12.3 Å². The summed E-state index contributed by atoms with van der Waals surface area (Å²) >= 11 is 3.55. The SMILES string of the molecule is COc1cc(Br)c2c(c1O)[C@H](c1ccc(O)cc1)CNC2. The lowest BCUT2D eigenvalue weighted by molar-refractivity contribution is 0.366. The molecule has 4 nitrogen and oxygen atoms in total. The number of benzene rings is 2. The third-order valence-electron chi connectivity index (χ3n) is 3.87. The molecule has 0 spiro atoms. The fourth-order valence-corrected chi connectivity index (χ4v) is 3.38. The first-order valence-electron chi connectivity index (χ1n) is 6.69. The number of rotatable bonds is 2. The van der Waals surface area contributed by atoms with Gasteiger partial charge in [0.1, 0.15) is 5.75 Å². The Morgan fingerprint density at radius 1 is 1.24 bits per heavy atom. The number of ether oxygens (including phenoxy) is 1. The number of halogens is 1. The van der Waals surface area contributed by atoms with Crippen LogP contribution in [-0.4, -0.2) is 23.9 Å². The van der Waals surface area contributed by atoms with Gasteiger partial charge in [-0.15, -0.1) is 0 Å². The van der Waals surface area contributed by atoms with Gasteiger partial charge in [-0.2, -0.15) is 0 Å². The summed E-state index contributed by atoms with van der Waals surface area (Å²) in [5.74, 6) is 0.904. The van der Waals surface area contributed by atoms with E-state index in [0.717, 1.165) is 27.7 Å². The summed E-state index contributed by atoms with van der Waals surface area (Å²) in [7, 11) is 1.55. The fourth-order valence-electron chi connectivity index (χ4n) is 2.82. The summed E-state index contributed by atoms with van der Waals surface area (Å²) in [5, 5.41) is 23.3. The number of methoxy groups -OCH3 is 1. The van der Waals surface area contributed by atoms with Crippen molar-refractivity contribution in [3.63, 3.8) is 0 Å². The number of fused-ring (bicyclic) bond motifs is 1. The topological polar surface area (TPSA) is 61.7 Å². The Balaban J connectivity index is 2.16. The normalized spacial score (nSPS) is 17.3. The molecule has 0 unspecified atom stereocenters. The largest absolute Gasteiger partial charge is 0.508 e. The third kappa shape index (κ3) is 2.47. The van der Waals surface area contributed by atoms with Gasteiger partial charge < -0.3 is 20.3 Å². The molecule has 0 aromatic heterocycles. The second kappa shape index (κ2) is 5.58. The third-order valence-corrected chi connectivity index (χ3v) is 4.58. The average Bonchev–Trinajstić information content (AvgIpc) is 2.51. The van der Waals surface area contributed by atoms with Gasteiger partial charge >= 0.3 is 0 Å². The van der Waals surface area contributed by atoms with Crippen molar-refractivity contribution in [3.05, 3.63) is 51.5 Å². The lowest BCUT2D eigenvalue weighted by Crippen LogP contribution is -2.29. The summed E-state index contributed by atoms with van der Waals surface area (Å²) in [4.78, 5) is 0. The lowest BCUT2D eigenvalue weighted by atomic mass is 9.84. The monoisotopic (exact) mass is 349 g/mol. The Morgan fingerprint density at radius 2 is 1.95 bits per heavy atom. The van der Waals surface area contributed by atoms with Crippen molar-refractivity contribution in [2.75, 3.05) is 13.7 Å². The highest BCUT2D eigenvalue weighted by molar-refractivity contribution is 9.10. The van der Waals surface area contributed by atoms with Gasteiger partial charge in [-0.25, -0.2) is 0 Å². The highest BCUT2D eigenvalue weighted by atomic mass is 79.9. The van der Waals surface area contributed by atoms with Gasteiger partial charge in [0, 0.05) is 29.0 Å². The summed E-state index contributed by atoms with van der Waals surface area (Å²) in [5.41, 5.74) is 2.96. The fraction of sp³-hybridized carbons (Fsp3) is 0.250. The van der Waals surface area contributed by atoms with Gasteiger partial charge in [0.25, 0.3) is 0 Å². The quantitative estimate of drug-likeness (QED) is 0.779. The van der Waals surface area contributed by atoms with E-state index in [1.807, 2.05) is 12.1 Å². The Morgan fingerprint density at radius 3 is 2.62 bits per heavy atom. The van der Waals surface area contributed by atoms with Crippen LogP contribution in [0.5, 0.6) is 17.2 Å². The van der Waals surface area contributed by atoms with Crippen LogP contribution in [0.15, 0.2) is 34.8 Å². The Bertz CT molecular complexity index is 670. The number of aromatic hydroxyl groups is 2. The van der Waals surface area contributed by atoms with Gasteiger partial charge in [0.2, 0.25) is 0 Å². The van der Waals surface area contributed by atoms with Crippen molar-refractivity contribution in [2.24, 2.45) is 0 Å². The first-order chi connectivity index (χ1) is 10.1. The van der Waals surface area contributed by atoms with Gasteiger partial charge in [0.15, 0.2) is 11.5 Å². The van der Waals surface area contributed by atoms with Gasteiger partial charge in [0.05, 0.1) is 7.11 Å². The molecule has 3 rings (SSSR count). The van der Waals surface area contributed by atoms with Crippen LogP contribution in [-0.2, 0) is 6.54 Å². The predicted octanol–water partition coefficient (Wildman–Crippen LogP) is 3.10. The first-order valence-corrected chi connectivity index (χ1v) is 7.49. The molecule has 0 aliphatic carbocycles. The highest BCUT2D eigenvalue weighted by Gasteiger charge is 2.28. The van der Waals surface area contributed by atoms with Crippen LogP contribution in [0.3, 0.4) is 0 Å². The van der Waals surface area contributed by atoms with Crippen molar-refractivity contribution >= 4 is 15.9 Å². The van der Waals surface area contributed by atoms with Crippen LogP contribution in [0.1, 0.15) is 22.6 Å². The van der Waals surface area contributed by atoms with E-state index in [2.05, 4.69) is 21.2 Å². The number of nitrogens with one attached hydrogen (secondary N) is 1.